The van der Waals surface area contributed by atoms with Gasteiger partial charge in [-0.3, -0.25) is 4.79 Å². The first-order valence-electron chi connectivity index (χ1n) is 4.09. The summed E-state index contributed by atoms with van der Waals surface area (Å²) in [6, 6.07) is 9.76. The predicted molar refractivity (Wildman–Crippen MR) is 51.5 cm³/mol. The minimum Gasteiger partial charge on any atom is -0.444 e. The molecule has 3 heteroatoms. The van der Waals surface area contributed by atoms with Gasteiger partial charge in [-0.2, -0.15) is 0 Å². The van der Waals surface area contributed by atoms with Crippen LogP contribution in [0.25, 0.3) is 0 Å². The number of hydrogen-bond donors (Lipinski definition) is 0. The van der Waals surface area contributed by atoms with E-state index in [0.29, 0.717) is 6.73 Å². The summed E-state index contributed by atoms with van der Waals surface area (Å²) in [7, 11) is 1.87. The number of anilines is 1. The molecule has 0 N–H and O–H groups in total. The second kappa shape index (κ2) is 4.50. The zero-order valence-electron chi connectivity index (χ0n) is 7.86. The topological polar surface area (TPSA) is 29.5 Å². The lowest BCUT2D eigenvalue weighted by Gasteiger charge is -2.17. The summed E-state index contributed by atoms with van der Waals surface area (Å²) in [5.41, 5.74) is 1.03. The van der Waals surface area contributed by atoms with Gasteiger partial charge in [-0.1, -0.05) is 18.2 Å². The fourth-order valence-electron chi connectivity index (χ4n) is 0.945. The molecular weight excluding hydrogens is 166 g/mol. The molecule has 3 nitrogen and oxygen atoms in total. The number of esters is 1. The largest absolute Gasteiger partial charge is 0.444 e. The van der Waals surface area contributed by atoms with Crippen molar-refractivity contribution in [3.63, 3.8) is 0 Å². The molecule has 0 bridgehead atoms. The lowest BCUT2D eigenvalue weighted by Crippen LogP contribution is -2.22. The van der Waals surface area contributed by atoms with Crippen molar-refractivity contribution in [2.75, 3.05) is 18.7 Å². The van der Waals surface area contributed by atoms with Gasteiger partial charge >= 0.3 is 5.97 Å². The van der Waals surface area contributed by atoms with E-state index in [1.54, 1.807) is 0 Å². The Morgan fingerprint density at radius 1 is 1.38 bits per heavy atom. The number of rotatable bonds is 3. The van der Waals surface area contributed by atoms with E-state index in [-0.39, 0.29) is 5.97 Å². The van der Waals surface area contributed by atoms with Crippen LogP contribution in [0.2, 0.25) is 0 Å². The SMILES string of the molecule is CC(=O)OCN(C)c1ccccc1. The summed E-state index contributed by atoms with van der Waals surface area (Å²) >= 11 is 0. The maximum Gasteiger partial charge on any atom is 0.304 e. The molecule has 0 aliphatic heterocycles. The van der Waals surface area contributed by atoms with Crippen LogP contribution in [0.5, 0.6) is 0 Å². The molecule has 0 radical (unpaired) electrons. The van der Waals surface area contributed by atoms with Crippen molar-refractivity contribution in [3.8, 4) is 0 Å². The summed E-state index contributed by atoms with van der Waals surface area (Å²) in [5.74, 6) is -0.261. The molecule has 0 heterocycles. The van der Waals surface area contributed by atoms with Gasteiger partial charge in [0, 0.05) is 19.7 Å². The molecule has 13 heavy (non-hydrogen) atoms. The third kappa shape index (κ3) is 3.15. The van der Waals surface area contributed by atoms with Crippen LogP contribution in [0, 0.1) is 0 Å². The van der Waals surface area contributed by atoms with Crippen molar-refractivity contribution < 1.29 is 9.53 Å². The highest BCUT2D eigenvalue weighted by Gasteiger charge is 2.00. The van der Waals surface area contributed by atoms with Gasteiger partial charge in [-0.25, -0.2) is 0 Å². The van der Waals surface area contributed by atoms with E-state index in [0.717, 1.165) is 5.69 Å². The average Bonchev–Trinajstić information content (AvgIpc) is 2.15. The van der Waals surface area contributed by atoms with Crippen LogP contribution < -0.4 is 4.90 Å². The molecule has 0 saturated carbocycles. The highest BCUT2D eigenvalue weighted by Crippen LogP contribution is 2.10. The van der Waals surface area contributed by atoms with Crippen LogP contribution >= 0.6 is 0 Å². The number of carbonyl (C=O) groups is 1. The Kier molecular flexibility index (Phi) is 3.31. The fourth-order valence-corrected chi connectivity index (χ4v) is 0.945. The normalized spacial score (nSPS) is 9.38. The third-order valence-electron chi connectivity index (χ3n) is 1.66. The van der Waals surface area contributed by atoms with Gasteiger partial charge in [-0.05, 0) is 12.1 Å². The first-order chi connectivity index (χ1) is 6.20. The van der Waals surface area contributed by atoms with E-state index in [1.807, 2.05) is 42.3 Å². The summed E-state index contributed by atoms with van der Waals surface area (Å²) in [6.45, 7) is 1.69. The second-order valence-corrected chi connectivity index (χ2v) is 2.80. The van der Waals surface area contributed by atoms with Gasteiger partial charge in [0.2, 0.25) is 0 Å². The maximum atomic E-state index is 10.5. The lowest BCUT2D eigenvalue weighted by atomic mass is 10.3. The second-order valence-electron chi connectivity index (χ2n) is 2.80. The fraction of sp³-hybridized carbons (Fsp3) is 0.300. The van der Waals surface area contributed by atoms with Crippen molar-refractivity contribution >= 4 is 11.7 Å². The molecule has 0 aliphatic carbocycles. The average molecular weight is 179 g/mol. The van der Waals surface area contributed by atoms with Crippen LogP contribution in [0.15, 0.2) is 30.3 Å². The lowest BCUT2D eigenvalue weighted by molar-refractivity contribution is -0.140. The number of ether oxygens (including phenoxy) is 1. The van der Waals surface area contributed by atoms with Crippen LogP contribution in [0.1, 0.15) is 6.92 Å². The molecule has 70 valence electrons. The van der Waals surface area contributed by atoms with Crippen LogP contribution in [0.3, 0.4) is 0 Å². The highest BCUT2D eigenvalue weighted by atomic mass is 16.5. The number of hydrogen-bond acceptors (Lipinski definition) is 3. The molecule has 0 aliphatic rings. The minimum absolute atomic E-state index is 0.261. The monoisotopic (exact) mass is 179 g/mol. The smallest absolute Gasteiger partial charge is 0.304 e. The van der Waals surface area contributed by atoms with Crippen LogP contribution in [-0.4, -0.2) is 19.7 Å². The Hall–Kier alpha value is -1.51. The van der Waals surface area contributed by atoms with Gasteiger partial charge < -0.3 is 9.64 Å². The van der Waals surface area contributed by atoms with Gasteiger partial charge in [0.15, 0.2) is 6.73 Å². The van der Waals surface area contributed by atoms with Crippen LogP contribution in [0.4, 0.5) is 5.69 Å². The predicted octanol–water partition coefficient (Wildman–Crippen LogP) is 1.64. The van der Waals surface area contributed by atoms with Crippen molar-refractivity contribution in [1.29, 1.82) is 0 Å². The first-order valence-corrected chi connectivity index (χ1v) is 4.09. The Bertz CT molecular complexity index is 272. The first kappa shape index (κ1) is 9.58. The Morgan fingerprint density at radius 2 is 2.00 bits per heavy atom. The third-order valence-corrected chi connectivity index (χ3v) is 1.66. The molecule has 0 saturated heterocycles. The van der Waals surface area contributed by atoms with E-state index in [1.165, 1.54) is 6.92 Å². The summed E-state index contributed by atoms with van der Waals surface area (Å²) in [4.78, 5) is 12.4. The number of para-hydroxylation sites is 1. The van der Waals surface area contributed by atoms with E-state index < -0.39 is 0 Å². The van der Waals surface area contributed by atoms with Gasteiger partial charge in [0.05, 0.1) is 0 Å². The Balaban J connectivity index is 2.49. The zero-order valence-corrected chi connectivity index (χ0v) is 7.86. The van der Waals surface area contributed by atoms with E-state index >= 15 is 0 Å². The number of benzene rings is 1. The molecule has 1 aromatic rings. The van der Waals surface area contributed by atoms with Crippen molar-refractivity contribution in [2.45, 2.75) is 6.92 Å². The van der Waals surface area contributed by atoms with Crippen molar-refractivity contribution in [2.24, 2.45) is 0 Å². The zero-order chi connectivity index (χ0) is 9.68. The molecule has 0 atom stereocenters. The molecule has 0 spiro atoms. The summed E-state index contributed by atoms with van der Waals surface area (Å²) in [6.07, 6.45) is 0. The molecule has 1 rings (SSSR count). The standard InChI is InChI=1S/C10H13NO2/c1-9(12)13-8-11(2)10-6-4-3-5-7-10/h3-7H,8H2,1-2H3. The minimum atomic E-state index is -0.261. The van der Waals surface area contributed by atoms with E-state index in [2.05, 4.69) is 0 Å². The molecule has 0 aromatic heterocycles. The molecule has 0 unspecified atom stereocenters. The summed E-state index contributed by atoms with van der Waals surface area (Å²) < 4.78 is 4.85. The quantitative estimate of drug-likeness (QED) is 0.522. The maximum absolute atomic E-state index is 10.5. The van der Waals surface area contributed by atoms with Gasteiger partial charge in [-0.15, -0.1) is 0 Å². The van der Waals surface area contributed by atoms with Crippen molar-refractivity contribution in [3.05, 3.63) is 30.3 Å². The molecular formula is C10H13NO2. The van der Waals surface area contributed by atoms with Gasteiger partial charge in [0.25, 0.3) is 0 Å². The summed E-state index contributed by atoms with van der Waals surface area (Å²) in [5, 5.41) is 0. The van der Waals surface area contributed by atoms with Crippen molar-refractivity contribution in [1.82, 2.24) is 0 Å². The number of nitrogens with zero attached hydrogens (tertiary/aromatic N) is 1. The molecule has 0 amide bonds. The van der Waals surface area contributed by atoms with Crippen LogP contribution in [-0.2, 0) is 9.53 Å². The number of carbonyl (C=O) groups excluding carboxylic acids is 1. The van der Waals surface area contributed by atoms with E-state index in [4.69, 9.17) is 4.74 Å². The Morgan fingerprint density at radius 3 is 2.54 bits per heavy atom. The highest BCUT2D eigenvalue weighted by molar-refractivity contribution is 5.66. The Labute approximate surface area is 77.9 Å². The molecule has 1 aromatic carbocycles. The molecule has 0 fully saturated rings. The van der Waals surface area contributed by atoms with E-state index in [9.17, 15) is 4.79 Å². The van der Waals surface area contributed by atoms with Gasteiger partial charge in [0.1, 0.15) is 0 Å².